The Morgan fingerprint density at radius 2 is 1.54 bits per heavy atom. The maximum atomic E-state index is 13.1. The first kappa shape index (κ1) is 18.9. The molecule has 0 bridgehead atoms. The molecule has 2 aliphatic rings. The van der Waals surface area contributed by atoms with Crippen LogP contribution in [0.25, 0.3) is 10.8 Å². The fourth-order valence-electron chi connectivity index (χ4n) is 4.45. The second-order valence-electron chi connectivity index (χ2n) is 7.85. The smallest absolute Gasteiger partial charge is 0.254 e. The highest BCUT2D eigenvalue weighted by molar-refractivity contribution is 6.07. The van der Waals surface area contributed by atoms with E-state index in [1.54, 1.807) is 0 Å². The average molecular weight is 380 g/mol. The molecule has 2 amide bonds. The molecule has 0 aliphatic carbocycles. The summed E-state index contributed by atoms with van der Waals surface area (Å²) in [6.45, 7) is 8.16. The Kier molecular flexibility index (Phi) is 5.62. The molecule has 0 radical (unpaired) electrons. The average Bonchev–Trinajstić information content (AvgIpc) is 2.78. The van der Waals surface area contributed by atoms with Crippen LogP contribution in [-0.4, -0.2) is 72.3 Å². The number of amides is 2. The van der Waals surface area contributed by atoms with E-state index in [9.17, 15) is 9.59 Å². The fourth-order valence-corrected chi connectivity index (χ4v) is 4.45. The first-order valence-corrected chi connectivity index (χ1v) is 10.5. The Morgan fingerprint density at radius 3 is 2.25 bits per heavy atom. The number of likely N-dealkylation sites (N-methyl/N-ethyl adjacent to an activating group) is 1. The molecule has 5 heteroatoms. The van der Waals surface area contributed by atoms with Crippen molar-refractivity contribution in [2.75, 3.05) is 45.8 Å². The SMILES string of the molecule is CCN1CCN(C(=O)C2CCN(C(=O)c3cccc4ccccc34)CC2)CC1. The van der Waals surface area contributed by atoms with Gasteiger partial charge in [0.1, 0.15) is 0 Å². The zero-order chi connectivity index (χ0) is 19.5. The quantitative estimate of drug-likeness (QED) is 0.824. The van der Waals surface area contributed by atoms with Crippen molar-refractivity contribution in [2.24, 2.45) is 5.92 Å². The lowest BCUT2D eigenvalue weighted by Gasteiger charge is -2.38. The van der Waals surface area contributed by atoms with Crippen LogP contribution >= 0.6 is 0 Å². The van der Waals surface area contributed by atoms with Crippen LogP contribution in [0.2, 0.25) is 0 Å². The molecule has 2 heterocycles. The van der Waals surface area contributed by atoms with Crippen LogP contribution in [0.15, 0.2) is 42.5 Å². The van der Waals surface area contributed by atoms with Gasteiger partial charge >= 0.3 is 0 Å². The van der Waals surface area contributed by atoms with E-state index in [0.717, 1.165) is 61.9 Å². The predicted molar refractivity (Wildman–Crippen MR) is 111 cm³/mol. The Bertz CT molecular complexity index is 845. The molecule has 4 rings (SSSR count). The van der Waals surface area contributed by atoms with E-state index in [4.69, 9.17) is 0 Å². The molecular formula is C23H29N3O2. The normalized spacial score (nSPS) is 19.2. The lowest BCUT2D eigenvalue weighted by Crippen LogP contribution is -2.51. The minimum absolute atomic E-state index is 0.0599. The summed E-state index contributed by atoms with van der Waals surface area (Å²) in [7, 11) is 0. The number of nitrogens with zero attached hydrogens (tertiary/aromatic N) is 3. The molecule has 0 spiro atoms. The molecule has 148 valence electrons. The van der Waals surface area contributed by atoms with Crippen molar-refractivity contribution in [3.63, 3.8) is 0 Å². The van der Waals surface area contributed by atoms with Crippen molar-refractivity contribution in [1.29, 1.82) is 0 Å². The number of hydrogen-bond acceptors (Lipinski definition) is 3. The second-order valence-corrected chi connectivity index (χ2v) is 7.85. The van der Waals surface area contributed by atoms with Crippen LogP contribution in [0.1, 0.15) is 30.1 Å². The van der Waals surface area contributed by atoms with E-state index in [2.05, 4.69) is 11.8 Å². The number of benzene rings is 2. The molecule has 2 fully saturated rings. The van der Waals surface area contributed by atoms with Crippen LogP contribution in [0, 0.1) is 5.92 Å². The zero-order valence-corrected chi connectivity index (χ0v) is 16.6. The van der Waals surface area contributed by atoms with Gasteiger partial charge in [0.2, 0.25) is 5.91 Å². The van der Waals surface area contributed by atoms with E-state index in [-0.39, 0.29) is 17.7 Å². The largest absolute Gasteiger partial charge is 0.340 e. The van der Waals surface area contributed by atoms with Gasteiger partial charge in [0, 0.05) is 50.7 Å². The van der Waals surface area contributed by atoms with Gasteiger partial charge in [-0.3, -0.25) is 9.59 Å². The third-order valence-corrected chi connectivity index (χ3v) is 6.28. The summed E-state index contributed by atoms with van der Waals surface area (Å²) < 4.78 is 0. The molecule has 0 N–H and O–H groups in total. The van der Waals surface area contributed by atoms with E-state index < -0.39 is 0 Å². The van der Waals surface area contributed by atoms with Crippen LogP contribution in [0.5, 0.6) is 0 Å². The van der Waals surface area contributed by atoms with Crippen molar-refractivity contribution in [1.82, 2.24) is 14.7 Å². The molecule has 0 unspecified atom stereocenters. The highest BCUT2D eigenvalue weighted by Gasteiger charge is 2.32. The highest BCUT2D eigenvalue weighted by atomic mass is 16.2. The van der Waals surface area contributed by atoms with Crippen molar-refractivity contribution in [2.45, 2.75) is 19.8 Å². The van der Waals surface area contributed by atoms with Crippen LogP contribution in [0.4, 0.5) is 0 Å². The topological polar surface area (TPSA) is 43.9 Å². The van der Waals surface area contributed by atoms with Gasteiger partial charge in [0.05, 0.1) is 0 Å². The van der Waals surface area contributed by atoms with Crippen LogP contribution in [-0.2, 0) is 4.79 Å². The summed E-state index contributed by atoms with van der Waals surface area (Å²) in [6, 6.07) is 13.9. The summed E-state index contributed by atoms with van der Waals surface area (Å²) in [6.07, 6.45) is 1.53. The van der Waals surface area contributed by atoms with Crippen molar-refractivity contribution >= 4 is 22.6 Å². The number of hydrogen-bond donors (Lipinski definition) is 0. The maximum Gasteiger partial charge on any atom is 0.254 e. The molecule has 0 atom stereocenters. The third-order valence-electron chi connectivity index (χ3n) is 6.28. The molecule has 2 aromatic carbocycles. The molecule has 2 aliphatic heterocycles. The van der Waals surface area contributed by atoms with Crippen molar-refractivity contribution in [3.05, 3.63) is 48.0 Å². The summed E-state index contributed by atoms with van der Waals surface area (Å²) in [5.41, 5.74) is 0.763. The Balaban J connectivity index is 1.37. The van der Waals surface area contributed by atoms with Gasteiger partial charge in [0.25, 0.3) is 5.91 Å². The highest BCUT2D eigenvalue weighted by Crippen LogP contribution is 2.25. The molecule has 2 aromatic rings. The van der Waals surface area contributed by atoms with Gasteiger partial charge in [-0.1, -0.05) is 43.3 Å². The maximum absolute atomic E-state index is 13.1. The summed E-state index contributed by atoms with van der Waals surface area (Å²) in [5, 5.41) is 2.09. The van der Waals surface area contributed by atoms with Gasteiger partial charge < -0.3 is 14.7 Å². The number of piperidine rings is 1. The molecule has 2 saturated heterocycles. The summed E-state index contributed by atoms with van der Waals surface area (Å²) >= 11 is 0. The standard InChI is InChI=1S/C23H29N3O2/c1-2-24-14-16-26(17-15-24)22(27)19-10-12-25(13-11-19)23(28)21-9-5-7-18-6-3-4-8-20(18)21/h3-9,19H,2,10-17H2,1H3. The minimum atomic E-state index is 0.0599. The van der Waals surface area contributed by atoms with Crippen LogP contribution < -0.4 is 0 Å². The minimum Gasteiger partial charge on any atom is -0.340 e. The monoisotopic (exact) mass is 379 g/mol. The predicted octanol–water partition coefficient (Wildman–Crippen LogP) is 2.86. The lowest BCUT2D eigenvalue weighted by atomic mass is 9.94. The van der Waals surface area contributed by atoms with Gasteiger partial charge in [-0.05, 0) is 36.2 Å². The third kappa shape index (κ3) is 3.76. The Hall–Kier alpha value is -2.40. The molecule has 28 heavy (non-hydrogen) atoms. The van der Waals surface area contributed by atoms with E-state index in [1.165, 1.54) is 0 Å². The molecule has 0 aromatic heterocycles. The number of carbonyl (C=O) groups excluding carboxylic acids is 2. The van der Waals surface area contributed by atoms with Crippen molar-refractivity contribution in [3.8, 4) is 0 Å². The lowest BCUT2D eigenvalue weighted by molar-refractivity contribution is -0.138. The zero-order valence-electron chi connectivity index (χ0n) is 16.6. The van der Waals surface area contributed by atoms with Crippen LogP contribution in [0.3, 0.4) is 0 Å². The van der Waals surface area contributed by atoms with E-state index >= 15 is 0 Å². The fraction of sp³-hybridized carbons (Fsp3) is 0.478. The van der Waals surface area contributed by atoms with Gasteiger partial charge in [-0.2, -0.15) is 0 Å². The summed E-state index contributed by atoms with van der Waals surface area (Å²) in [5.74, 6) is 0.428. The number of carbonyl (C=O) groups is 2. The number of piperazine rings is 1. The molecule has 5 nitrogen and oxygen atoms in total. The van der Waals surface area contributed by atoms with Gasteiger partial charge in [-0.15, -0.1) is 0 Å². The summed E-state index contributed by atoms with van der Waals surface area (Å²) in [4.78, 5) is 32.3. The number of fused-ring (bicyclic) bond motifs is 1. The first-order valence-electron chi connectivity index (χ1n) is 10.5. The first-order chi connectivity index (χ1) is 13.7. The second kappa shape index (κ2) is 8.31. The van der Waals surface area contributed by atoms with E-state index in [1.807, 2.05) is 52.3 Å². The molecule has 0 saturated carbocycles. The number of rotatable bonds is 3. The van der Waals surface area contributed by atoms with Gasteiger partial charge in [-0.25, -0.2) is 0 Å². The van der Waals surface area contributed by atoms with E-state index in [0.29, 0.717) is 13.1 Å². The van der Waals surface area contributed by atoms with Crippen molar-refractivity contribution < 1.29 is 9.59 Å². The number of likely N-dealkylation sites (tertiary alicyclic amines) is 1. The Morgan fingerprint density at radius 1 is 0.857 bits per heavy atom. The molecular weight excluding hydrogens is 350 g/mol. The Labute approximate surface area is 166 Å². The van der Waals surface area contributed by atoms with Gasteiger partial charge in [0.15, 0.2) is 0 Å².